The first-order valence-electron chi connectivity index (χ1n) is 10.2. The van der Waals surface area contributed by atoms with Gasteiger partial charge in [0.25, 0.3) is 0 Å². The fourth-order valence-electron chi connectivity index (χ4n) is 3.64. The molecule has 0 aliphatic carbocycles. The van der Waals surface area contributed by atoms with E-state index in [1.807, 2.05) is 30.3 Å². The molecule has 146 valence electrons. The van der Waals surface area contributed by atoms with Crippen LogP contribution < -0.4 is 0 Å². The highest BCUT2D eigenvalue weighted by Gasteiger charge is 2.21. The second-order valence-corrected chi connectivity index (χ2v) is 8.68. The highest BCUT2D eigenvalue weighted by atomic mass is 15.0. The van der Waals surface area contributed by atoms with E-state index in [1.54, 1.807) is 0 Å². The van der Waals surface area contributed by atoms with Crippen molar-refractivity contribution in [1.29, 1.82) is 0 Å². The van der Waals surface area contributed by atoms with Gasteiger partial charge in [0, 0.05) is 16.5 Å². The summed E-state index contributed by atoms with van der Waals surface area (Å²) in [4.78, 5) is 14.5. The molecule has 0 amide bonds. The van der Waals surface area contributed by atoms with Crippen molar-refractivity contribution in [1.82, 2.24) is 15.0 Å². The van der Waals surface area contributed by atoms with E-state index >= 15 is 0 Å². The van der Waals surface area contributed by atoms with Gasteiger partial charge in [0.1, 0.15) is 5.82 Å². The van der Waals surface area contributed by atoms with Crippen LogP contribution in [0.25, 0.3) is 44.3 Å². The molecule has 3 heteroatoms. The highest BCUT2D eigenvalue weighted by molar-refractivity contribution is 5.99. The largest absolute Gasteiger partial charge is 0.212 e. The lowest BCUT2D eigenvalue weighted by atomic mass is 9.95. The van der Waals surface area contributed by atoms with Crippen LogP contribution in [0.2, 0.25) is 0 Å². The minimum absolute atomic E-state index is 0.172. The van der Waals surface area contributed by atoms with Crippen molar-refractivity contribution < 1.29 is 0 Å². The fraction of sp³-hybridized carbons (Fsp3) is 0.148. The Kier molecular flexibility index (Phi) is 4.32. The van der Waals surface area contributed by atoms with E-state index in [0.29, 0.717) is 11.6 Å². The Labute approximate surface area is 176 Å². The molecule has 0 saturated heterocycles. The molecule has 30 heavy (non-hydrogen) atoms. The van der Waals surface area contributed by atoms with Crippen LogP contribution in [-0.2, 0) is 5.41 Å². The summed E-state index contributed by atoms with van der Waals surface area (Å²) in [5.74, 6) is 2.22. The average Bonchev–Trinajstić information content (AvgIpc) is 2.77. The van der Waals surface area contributed by atoms with Crippen molar-refractivity contribution >= 4 is 21.5 Å². The molecule has 0 unspecified atom stereocenters. The van der Waals surface area contributed by atoms with E-state index in [9.17, 15) is 0 Å². The molecule has 0 saturated carbocycles. The molecule has 0 atom stereocenters. The Balaban J connectivity index is 1.70. The summed E-state index contributed by atoms with van der Waals surface area (Å²) in [6.45, 7) is 6.40. The van der Waals surface area contributed by atoms with Gasteiger partial charge in [0.05, 0.1) is 0 Å². The van der Waals surface area contributed by atoms with Crippen LogP contribution in [0.5, 0.6) is 0 Å². The number of benzene rings is 4. The van der Waals surface area contributed by atoms with E-state index < -0.39 is 0 Å². The second-order valence-electron chi connectivity index (χ2n) is 8.68. The molecule has 0 aliphatic rings. The third kappa shape index (κ3) is 3.43. The fourth-order valence-corrected chi connectivity index (χ4v) is 3.64. The first kappa shape index (κ1) is 18.4. The van der Waals surface area contributed by atoms with Crippen LogP contribution in [0.4, 0.5) is 0 Å². The molecule has 0 bridgehead atoms. The molecule has 4 aromatic carbocycles. The van der Waals surface area contributed by atoms with Crippen molar-refractivity contribution in [2.45, 2.75) is 26.2 Å². The topological polar surface area (TPSA) is 38.7 Å². The van der Waals surface area contributed by atoms with E-state index in [1.165, 1.54) is 21.5 Å². The molecule has 0 radical (unpaired) electrons. The van der Waals surface area contributed by atoms with Gasteiger partial charge in [-0.15, -0.1) is 0 Å². The van der Waals surface area contributed by atoms with Crippen molar-refractivity contribution in [3.63, 3.8) is 0 Å². The Morgan fingerprint density at radius 3 is 1.73 bits per heavy atom. The van der Waals surface area contributed by atoms with Crippen LogP contribution in [0.3, 0.4) is 0 Å². The van der Waals surface area contributed by atoms with Crippen LogP contribution in [0.15, 0.2) is 84.9 Å². The number of hydrogen-bond acceptors (Lipinski definition) is 3. The lowest BCUT2D eigenvalue weighted by Gasteiger charge is -2.18. The van der Waals surface area contributed by atoms with Gasteiger partial charge in [0.2, 0.25) is 0 Å². The Morgan fingerprint density at radius 1 is 0.500 bits per heavy atom. The molecular weight excluding hydrogens is 366 g/mol. The molecule has 0 aliphatic heterocycles. The molecule has 3 nitrogen and oxygen atoms in total. The van der Waals surface area contributed by atoms with Crippen molar-refractivity contribution in [2.75, 3.05) is 0 Å². The quantitative estimate of drug-likeness (QED) is 0.311. The summed E-state index contributed by atoms with van der Waals surface area (Å²) in [6, 6.07) is 29.5. The van der Waals surface area contributed by atoms with Gasteiger partial charge in [-0.3, -0.25) is 0 Å². The minimum Gasteiger partial charge on any atom is -0.212 e. The van der Waals surface area contributed by atoms with Crippen LogP contribution >= 0.6 is 0 Å². The first-order chi connectivity index (χ1) is 14.5. The normalized spacial score (nSPS) is 11.8. The SMILES string of the molecule is CC(C)(C)c1nc(-c2ccccc2)nc(-c2ccc3cc4ccccc4cc3c2)n1. The number of fused-ring (bicyclic) bond motifs is 2. The van der Waals surface area contributed by atoms with Gasteiger partial charge in [-0.1, -0.05) is 87.5 Å². The van der Waals surface area contributed by atoms with E-state index in [-0.39, 0.29) is 5.41 Å². The Morgan fingerprint density at radius 2 is 1.07 bits per heavy atom. The molecule has 0 spiro atoms. The van der Waals surface area contributed by atoms with E-state index in [0.717, 1.165) is 17.0 Å². The molecule has 1 aromatic heterocycles. The van der Waals surface area contributed by atoms with Crippen molar-refractivity contribution in [3.8, 4) is 22.8 Å². The van der Waals surface area contributed by atoms with Crippen molar-refractivity contribution in [2.24, 2.45) is 0 Å². The third-order valence-electron chi connectivity index (χ3n) is 5.30. The maximum Gasteiger partial charge on any atom is 0.163 e. The lowest BCUT2D eigenvalue weighted by molar-refractivity contribution is 0.543. The number of hydrogen-bond donors (Lipinski definition) is 0. The zero-order valence-electron chi connectivity index (χ0n) is 17.4. The smallest absolute Gasteiger partial charge is 0.163 e. The first-order valence-corrected chi connectivity index (χ1v) is 10.2. The van der Waals surface area contributed by atoms with Gasteiger partial charge in [-0.2, -0.15) is 0 Å². The van der Waals surface area contributed by atoms with Gasteiger partial charge >= 0.3 is 0 Å². The summed E-state index contributed by atoms with van der Waals surface area (Å²) < 4.78 is 0. The van der Waals surface area contributed by atoms with E-state index in [2.05, 4.69) is 75.4 Å². The van der Waals surface area contributed by atoms with Crippen molar-refractivity contribution in [3.05, 3.63) is 90.8 Å². The zero-order chi connectivity index (χ0) is 20.7. The predicted molar refractivity (Wildman–Crippen MR) is 124 cm³/mol. The van der Waals surface area contributed by atoms with Crippen LogP contribution in [0.1, 0.15) is 26.6 Å². The van der Waals surface area contributed by atoms with Gasteiger partial charge in [-0.25, -0.2) is 15.0 Å². The van der Waals surface area contributed by atoms with Crippen LogP contribution in [0, 0.1) is 0 Å². The third-order valence-corrected chi connectivity index (χ3v) is 5.30. The molecule has 0 fully saturated rings. The predicted octanol–water partition coefficient (Wildman–Crippen LogP) is 6.81. The number of rotatable bonds is 2. The van der Waals surface area contributed by atoms with Gasteiger partial charge in [-0.05, 0) is 39.7 Å². The van der Waals surface area contributed by atoms with Crippen LogP contribution in [-0.4, -0.2) is 15.0 Å². The van der Waals surface area contributed by atoms with E-state index in [4.69, 9.17) is 15.0 Å². The number of aromatic nitrogens is 3. The summed E-state index contributed by atoms with van der Waals surface area (Å²) in [6.07, 6.45) is 0. The van der Waals surface area contributed by atoms with Gasteiger partial charge in [0.15, 0.2) is 11.6 Å². The molecular formula is C27H23N3. The maximum absolute atomic E-state index is 4.85. The standard InChI is InChI=1S/C27H23N3/c1-27(2,3)26-29-24(18-9-5-4-6-10-18)28-25(30-26)22-14-13-21-15-19-11-7-8-12-20(19)16-23(21)17-22/h4-17H,1-3H3. The molecule has 1 heterocycles. The monoisotopic (exact) mass is 389 g/mol. The average molecular weight is 390 g/mol. The minimum atomic E-state index is -0.172. The summed E-state index contributed by atoms with van der Waals surface area (Å²) in [7, 11) is 0. The molecule has 5 aromatic rings. The Bertz CT molecular complexity index is 1370. The second kappa shape index (κ2) is 7.03. The molecule has 0 N–H and O–H groups in total. The summed E-state index contributed by atoms with van der Waals surface area (Å²) in [5, 5.41) is 4.88. The zero-order valence-corrected chi connectivity index (χ0v) is 17.4. The highest BCUT2D eigenvalue weighted by Crippen LogP contribution is 2.29. The summed E-state index contributed by atoms with van der Waals surface area (Å²) in [5.41, 5.74) is 1.83. The number of nitrogens with zero attached hydrogens (tertiary/aromatic N) is 3. The van der Waals surface area contributed by atoms with Gasteiger partial charge < -0.3 is 0 Å². The maximum atomic E-state index is 4.85. The Hall–Kier alpha value is -3.59. The summed E-state index contributed by atoms with van der Waals surface area (Å²) >= 11 is 0. The lowest BCUT2D eigenvalue weighted by Crippen LogP contribution is -2.18. The molecule has 5 rings (SSSR count).